The van der Waals surface area contributed by atoms with Crippen molar-refractivity contribution in [2.24, 2.45) is 0 Å². The molecule has 1 nitrogen and oxygen atoms in total. The summed E-state index contributed by atoms with van der Waals surface area (Å²) in [5.74, 6) is 0.920. The quantitative estimate of drug-likeness (QED) is 0.227. The summed E-state index contributed by atoms with van der Waals surface area (Å²) in [6.07, 6.45) is 0. The molecule has 7 aromatic rings. The minimum Gasteiger partial charge on any atom is -0.496 e. The first-order valence-corrected chi connectivity index (χ1v) is 13.7. The van der Waals surface area contributed by atoms with Crippen molar-refractivity contribution in [1.82, 2.24) is 0 Å². The van der Waals surface area contributed by atoms with Crippen LogP contribution < -0.4 is 4.74 Å². The molecule has 0 aliphatic carbocycles. The van der Waals surface area contributed by atoms with Crippen molar-refractivity contribution in [1.29, 1.82) is 0 Å². The average molecular weight is 517 g/mol. The number of fused-ring (bicyclic) bond motifs is 3. The second-order valence-electron chi connectivity index (χ2n) is 10.2. The normalized spacial score (nSPS) is 10.9. The molecule has 0 saturated carbocycles. The van der Waals surface area contributed by atoms with Crippen molar-refractivity contribution in [3.05, 3.63) is 151 Å². The zero-order chi connectivity index (χ0) is 27.5. The van der Waals surface area contributed by atoms with Crippen LogP contribution in [0.5, 0.6) is 5.75 Å². The van der Waals surface area contributed by atoms with Crippen LogP contribution in [0, 0.1) is 13.8 Å². The number of hydrogen-bond donors (Lipinski definition) is 0. The van der Waals surface area contributed by atoms with Gasteiger partial charge in [0, 0.05) is 5.39 Å². The maximum atomic E-state index is 5.63. The van der Waals surface area contributed by atoms with Crippen molar-refractivity contribution >= 4 is 32.3 Å². The number of aryl methyl sites for hydroxylation is 2. The lowest BCUT2D eigenvalue weighted by atomic mass is 9.91. The molecule has 0 aliphatic rings. The van der Waals surface area contributed by atoms with Crippen molar-refractivity contribution in [3.63, 3.8) is 0 Å². The van der Waals surface area contributed by atoms with Crippen molar-refractivity contribution < 1.29 is 4.74 Å². The zero-order valence-corrected chi connectivity index (χ0v) is 23.2. The molecular weight excluding hydrogens is 484 g/mol. The number of methoxy groups -OCH3 is 1. The maximum Gasteiger partial charge on any atom is 0.127 e. The Hall–Kier alpha value is -4.88. The highest BCUT2D eigenvalue weighted by Crippen LogP contribution is 2.39. The fraction of sp³-hybridized carbons (Fsp3) is 0.0769. The lowest BCUT2D eigenvalue weighted by molar-refractivity contribution is 0.420. The molecule has 7 aromatic carbocycles. The summed E-state index contributed by atoms with van der Waals surface area (Å²) in [5.41, 5.74) is 7.72. The van der Waals surface area contributed by atoms with Crippen LogP contribution in [0.1, 0.15) is 11.1 Å². The molecule has 0 spiro atoms. The van der Waals surface area contributed by atoms with Crippen LogP contribution in [0.2, 0.25) is 0 Å². The van der Waals surface area contributed by atoms with Crippen LogP contribution in [-0.4, -0.2) is 7.11 Å². The van der Waals surface area contributed by atoms with E-state index in [1.165, 1.54) is 65.7 Å². The Labute approximate surface area is 236 Å². The summed E-state index contributed by atoms with van der Waals surface area (Å²) >= 11 is 0. The number of ether oxygens (including phenoxy) is 1. The maximum absolute atomic E-state index is 5.63. The van der Waals surface area contributed by atoms with Gasteiger partial charge in [-0.3, -0.25) is 0 Å². The smallest absolute Gasteiger partial charge is 0.127 e. The van der Waals surface area contributed by atoms with Gasteiger partial charge in [0.2, 0.25) is 0 Å². The van der Waals surface area contributed by atoms with E-state index in [0.29, 0.717) is 0 Å². The molecule has 0 fully saturated rings. The molecule has 0 saturated heterocycles. The summed E-state index contributed by atoms with van der Waals surface area (Å²) in [6, 6.07) is 49.2. The van der Waals surface area contributed by atoms with Gasteiger partial charge in [0.15, 0.2) is 0 Å². The second-order valence-corrected chi connectivity index (χ2v) is 10.2. The minimum atomic E-state index is 0.920. The Bertz CT molecular complexity index is 1930. The SMILES string of the molecule is COc1cccc2cccc(-c3cccc4cccc(C)c34)c12.Cc1cccc2cccc(-c3ccccc3)c12. The predicted molar refractivity (Wildman–Crippen MR) is 172 cm³/mol. The van der Waals surface area contributed by atoms with Gasteiger partial charge in [-0.05, 0) is 80.2 Å². The molecule has 194 valence electrons. The van der Waals surface area contributed by atoms with Gasteiger partial charge in [0.1, 0.15) is 5.75 Å². The third-order valence-corrected chi connectivity index (χ3v) is 7.69. The number of benzene rings is 7. The molecule has 0 aromatic heterocycles. The average Bonchev–Trinajstić information content (AvgIpc) is 3.01. The fourth-order valence-corrected chi connectivity index (χ4v) is 5.84. The molecule has 0 aliphatic heterocycles. The molecule has 0 radical (unpaired) electrons. The highest BCUT2D eigenvalue weighted by molar-refractivity contribution is 6.08. The monoisotopic (exact) mass is 516 g/mol. The van der Waals surface area contributed by atoms with Gasteiger partial charge < -0.3 is 4.74 Å². The zero-order valence-electron chi connectivity index (χ0n) is 23.2. The summed E-state index contributed by atoms with van der Waals surface area (Å²) in [4.78, 5) is 0. The summed E-state index contributed by atoms with van der Waals surface area (Å²) < 4.78 is 5.63. The van der Waals surface area contributed by atoms with E-state index in [-0.39, 0.29) is 0 Å². The first-order chi connectivity index (χ1) is 19.7. The largest absolute Gasteiger partial charge is 0.496 e. The molecule has 0 bridgehead atoms. The van der Waals surface area contributed by atoms with E-state index in [2.05, 4.69) is 141 Å². The molecule has 40 heavy (non-hydrogen) atoms. The van der Waals surface area contributed by atoms with Crippen molar-refractivity contribution in [2.45, 2.75) is 13.8 Å². The van der Waals surface area contributed by atoms with Gasteiger partial charge >= 0.3 is 0 Å². The Balaban J connectivity index is 0.000000151. The van der Waals surface area contributed by atoms with Crippen LogP contribution in [-0.2, 0) is 0 Å². The first-order valence-electron chi connectivity index (χ1n) is 13.7. The number of hydrogen-bond acceptors (Lipinski definition) is 1. The molecule has 0 unspecified atom stereocenters. The molecule has 0 N–H and O–H groups in total. The minimum absolute atomic E-state index is 0.920. The van der Waals surface area contributed by atoms with E-state index < -0.39 is 0 Å². The van der Waals surface area contributed by atoms with Gasteiger partial charge in [-0.2, -0.15) is 0 Å². The Morgan fingerprint density at radius 3 is 1.35 bits per heavy atom. The van der Waals surface area contributed by atoms with Crippen LogP contribution in [0.3, 0.4) is 0 Å². The Morgan fingerprint density at radius 1 is 0.375 bits per heavy atom. The van der Waals surface area contributed by atoms with E-state index in [4.69, 9.17) is 4.74 Å². The second kappa shape index (κ2) is 11.1. The van der Waals surface area contributed by atoms with Crippen LogP contribution in [0.25, 0.3) is 54.6 Å². The van der Waals surface area contributed by atoms with Gasteiger partial charge in [0.05, 0.1) is 7.11 Å². The highest BCUT2D eigenvalue weighted by atomic mass is 16.5. The van der Waals surface area contributed by atoms with E-state index in [0.717, 1.165) is 5.75 Å². The van der Waals surface area contributed by atoms with Crippen molar-refractivity contribution in [2.75, 3.05) is 7.11 Å². The van der Waals surface area contributed by atoms with Gasteiger partial charge in [-0.25, -0.2) is 0 Å². The Morgan fingerprint density at radius 2 is 0.800 bits per heavy atom. The molecule has 1 heteroatoms. The van der Waals surface area contributed by atoms with Crippen molar-refractivity contribution in [3.8, 4) is 28.0 Å². The predicted octanol–water partition coefficient (Wildman–Crippen LogP) is 10.8. The van der Waals surface area contributed by atoms with E-state index in [9.17, 15) is 0 Å². The summed E-state index contributed by atoms with van der Waals surface area (Å²) in [5, 5.41) is 7.64. The first kappa shape index (κ1) is 25.4. The third-order valence-electron chi connectivity index (χ3n) is 7.69. The third kappa shape index (κ3) is 4.72. The Kier molecular flexibility index (Phi) is 7.04. The van der Waals surface area contributed by atoms with Crippen LogP contribution in [0.4, 0.5) is 0 Å². The molecule has 0 amide bonds. The van der Waals surface area contributed by atoms with E-state index in [1.54, 1.807) is 7.11 Å². The standard InChI is InChI=1S/C22H18O.C17H14/c1-15-7-3-8-16-9-4-12-18(21(15)16)19-13-5-10-17-11-6-14-20(23-2)22(17)19;1-13-7-5-10-15-11-6-12-16(17(13)15)14-8-3-2-4-9-14/h3-14H,1-2H3;2-12H,1H3. The highest BCUT2D eigenvalue weighted by Gasteiger charge is 2.12. The summed E-state index contributed by atoms with van der Waals surface area (Å²) in [7, 11) is 1.74. The van der Waals surface area contributed by atoms with Crippen LogP contribution >= 0.6 is 0 Å². The van der Waals surface area contributed by atoms with Crippen LogP contribution in [0.15, 0.2) is 140 Å². The number of rotatable bonds is 3. The lowest BCUT2D eigenvalue weighted by Gasteiger charge is -2.14. The van der Waals surface area contributed by atoms with Gasteiger partial charge in [-0.15, -0.1) is 0 Å². The molecule has 0 heterocycles. The van der Waals surface area contributed by atoms with Gasteiger partial charge in [0.25, 0.3) is 0 Å². The van der Waals surface area contributed by atoms with E-state index >= 15 is 0 Å². The molecular formula is C39H32O. The topological polar surface area (TPSA) is 9.23 Å². The van der Waals surface area contributed by atoms with Gasteiger partial charge in [-0.1, -0.05) is 133 Å². The molecule has 0 atom stereocenters. The lowest BCUT2D eigenvalue weighted by Crippen LogP contribution is -1.90. The fourth-order valence-electron chi connectivity index (χ4n) is 5.84. The van der Waals surface area contributed by atoms with E-state index in [1.807, 2.05) is 12.1 Å². The molecule has 7 rings (SSSR count). The summed E-state index contributed by atoms with van der Waals surface area (Å²) in [6.45, 7) is 4.35.